The molecule has 0 fully saturated rings. The Labute approximate surface area is 189 Å². The first kappa shape index (κ1) is 20.3. The number of halogens is 1. The monoisotopic (exact) mass is 445 g/mol. The van der Waals surface area contributed by atoms with Crippen LogP contribution in [0.1, 0.15) is 16.8 Å². The first-order valence-electron chi connectivity index (χ1n) is 10.1. The molecule has 2 heterocycles. The topological polar surface area (TPSA) is 55.5 Å². The lowest BCUT2D eigenvalue weighted by atomic mass is 10.2. The molecule has 0 amide bonds. The number of hydrogen-bond donors (Lipinski definition) is 0. The van der Waals surface area contributed by atoms with Crippen molar-refractivity contribution in [3.63, 3.8) is 0 Å². The minimum absolute atomic E-state index is 0.218. The summed E-state index contributed by atoms with van der Waals surface area (Å²) in [4.78, 5) is 10.0. The summed E-state index contributed by atoms with van der Waals surface area (Å²) < 4.78 is 14.7. The Morgan fingerprint density at radius 2 is 1.84 bits per heavy atom. The van der Waals surface area contributed by atoms with Crippen LogP contribution in [0, 0.1) is 5.82 Å². The van der Waals surface area contributed by atoms with E-state index in [4.69, 9.17) is 4.84 Å². The number of hydrogen-bond acceptors (Lipinski definition) is 6. The maximum atomic E-state index is 13.0. The number of oxime groups is 1. The molecule has 0 saturated heterocycles. The third-order valence-electron chi connectivity index (χ3n) is 5.12. The maximum absolute atomic E-state index is 13.0. The molecule has 0 atom stereocenters. The zero-order chi connectivity index (χ0) is 21.9. The van der Waals surface area contributed by atoms with Crippen molar-refractivity contribution in [3.8, 4) is 0 Å². The molecule has 3 aromatic carbocycles. The Morgan fingerprint density at radius 1 is 1.03 bits per heavy atom. The quantitative estimate of drug-likeness (QED) is 0.300. The summed E-state index contributed by atoms with van der Waals surface area (Å²) in [5.74, 6) is -0.256. The number of benzene rings is 3. The van der Waals surface area contributed by atoms with E-state index < -0.39 is 0 Å². The van der Waals surface area contributed by atoms with Gasteiger partial charge in [0.1, 0.15) is 11.5 Å². The van der Waals surface area contributed by atoms with Gasteiger partial charge in [0.25, 0.3) is 0 Å². The third-order valence-corrected chi connectivity index (χ3v) is 6.24. The predicted octanol–water partition coefficient (Wildman–Crippen LogP) is 5.25. The zero-order valence-corrected chi connectivity index (χ0v) is 18.2. The van der Waals surface area contributed by atoms with Crippen LogP contribution in [0.4, 0.5) is 15.8 Å². The van der Waals surface area contributed by atoms with E-state index in [0.717, 1.165) is 11.1 Å². The average molecular weight is 446 g/mol. The average Bonchev–Trinajstić information content (AvgIpc) is 3.25. The highest BCUT2D eigenvalue weighted by Crippen LogP contribution is 2.47. The lowest BCUT2D eigenvalue weighted by Crippen LogP contribution is -2.14. The van der Waals surface area contributed by atoms with Gasteiger partial charge >= 0.3 is 0 Å². The van der Waals surface area contributed by atoms with E-state index in [-0.39, 0.29) is 12.4 Å². The molecule has 0 saturated carbocycles. The van der Waals surface area contributed by atoms with E-state index in [9.17, 15) is 4.39 Å². The fourth-order valence-electron chi connectivity index (χ4n) is 3.50. The van der Waals surface area contributed by atoms with Crippen LogP contribution in [-0.2, 0) is 18.0 Å². The van der Waals surface area contributed by atoms with E-state index in [1.807, 2.05) is 6.07 Å². The molecule has 160 valence electrons. The second-order valence-corrected chi connectivity index (χ2v) is 8.48. The van der Waals surface area contributed by atoms with Crippen molar-refractivity contribution >= 4 is 29.4 Å². The molecule has 0 bridgehead atoms. The molecular formula is C24H20FN5OS. The molecule has 8 heteroatoms. The van der Waals surface area contributed by atoms with Gasteiger partial charge < -0.3 is 9.74 Å². The molecular weight excluding hydrogens is 425 g/mol. The van der Waals surface area contributed by atoms with Gasteiger partial charge in [-0.3, -0.25) is 0 Å². The number of aromatic nitrogens is 3. The molecule has 0 radical (unpaired) electrons. The Bertz CT molecular complexity index is 1270. The van der Waals surface area contributed by atoms with E-state index in [0.29, 0.717) is 12.2 Å². The first-order valence-corrected chi connectivity index (χ1v) is 10.9. The summed E-state index contributed by atoms with van der Waals surface area (Å²) in [7, 11) is 2.08. The minimum Gasteiger partial charge on any atom is -0.389 e. The van der Waals surface area contributed by atoms with Crippen LogP contribution in [0.25, 0.3) is 0 Å². The lowest BCUT2D eigenvalue weighted by Gasteiger charge is -2.29. The van der Waals surface area contributed by atoms with Crippen molar-refractivity contribution in [1.29, 1.82) is 0 Å². The van der Waals surface area contributed by atoms with Crippen molar-refractivity contribution in [1.82, 2.24) is 15.0 Å². The van der Waals surface area contributed by atoms with E-state index >= 15 is 0 Å². The summed E-state index contributed by atoms with van der Waals surface area (Å²) in [6.07, 6.45) is 3.49. The summed E-state index contributed by atoms with van der Waals surface area (Å²) in [5, 5.41) is 12.3. The first-order chi connectivity index (χ1) is 15.7. The van der Waals surface area contributed by atoms with Crippen LogP contribution in [0.15, 0.2) is 87.9 Å². The molecule has 0 N–H and O–H groups in total. The molecule has 32 heavy (non-hydrogen) atoms. The third kappa shape index (κ3) is 4.36. The molecule has 6 nitrogen and oxygen atoms in total. The van der Waals surface area contributed by atoms with Gasteiger partial charge in [-0.1, -0.05) is 52.5 Å². The Kier molecular flexibility index (Phi) is 5.60. The fourth-order valence-corrected chi connectivity index (χ4v) is 4.70. The largest absolute Gasteiger partial charge is 0.389 e. The van der Waals surface area contributed by atoms with Gasteiger partial charge in [0.2, 0.25) is 0 Å². The Morgan fingerprint density at radius 3 is 2.72 bits per heavy atom. The van der Waals surface area contributed by atoms with Crippen molar-refractivity contribution in [2.24, 2.45) is 5.16 Å². The molecule has 1 aromatic heterocycles. The number of rotatable bonds is 6. The maximum Gasteiger partial charge on any atom is 0.162 e. The molecule has 0 spiro atoms. The normalized spacial score (nSPS) is 12.6. The second-order valence-electron chi connectivity index (χ2n) is 7.40. The zero-order valence-electron chi connectivity index (χ0n) is 17.4. The highest BCUT2D eigenvalue weighted by molar-refractivity contribution is 7.99. The molecule has 0 aliphatic carbocycles. The number of anilines is 2. The van der Waals surface area contributed by atoms with Gasteiger partial charge in [0, 0.05) is 16.8 Å². The van der Waals surface area contributed by atoms with E-state index in [2.05, 4.69) is 63.8 Å². The van der Waals surface area contributed by atoms with Crippen LogP contribution in [-0.4, -0.2) is 28.3 Å². The molecule has 1 aliphatic heterocycles. The van der Waals surface area contributed by atoms with Crippen LogP contribution < -0.4 is 4.90 Å². The van der Waals surface area contributed by atoms with Crippen LogP contribution in [0.2, 0.25) is 0 Å². The van der Waals surface area contributed by atoms with Gasteiger partial charge in [-0.25, -0.2) is 9.07 Å². The summed E-state index contributed by atoms with van der Waals surface area (Å²) in [5.41, 5.74) is 4.96. The SMILES string of the molecule is CN1c2ccccc2Sc2cc(/C=N/OCc3cn(Cc4ccc(F)cc4)nn3)ccc21. The minimum atomic E-state index is -0.256. The smallest absolute Gasteiger partial charge is 0.162 e. The fraction of sp³-hybridized carbons (Fsp3) is 0.125. The van der Waals surface area contributed by atoms with Crippen LogP contribution >= 0.6 is 11.8 Å². The van der Waals surface area contributed by atoms with Gasteiger partial charge in [-0.15, -0.1) is 5.10 Å². The number of fused-ring (bicyclic) bond motifs is 2. The highest BCUT2D eigenvalue weighted by atomic mass is 32.2. The van der Waals surface area contributed by atoms with Gasteiger partial charge in [-0.05, 0) is 47.5 Å². The molecule has 5 rings (SSSR count). The standard InChI is InChI=1S/C24H20FN5OS/c1-29-21-4-2-3-5-23(21)32-24-12-18(8-11-22(24)29)13-26-31-16-20-15-30(28-27-20)14-17-6-9-19(25)10-7-17/h2-13,15H,14,16H2,1H3/b26-13+. The predicted molar refractivity (Wildman–Crippen MR) is 123 cm³/mol. The molecule has 0 unspecified atom stereocenters. The molecule has 4 aromatic rings. The number of nitrogens with zero attached hydrogens (tertiary/aromatic N) is 5. The summed E-state index contributed by atoms with van der Waals surface area (Å²) in [6.45, 7) is 0.733. The second kappa shape index (κ2) is 8.84. The van der Waals surface area contributed by atoms with Gasteiger partial charge in [0.15, 0.2) is 6.61 Å². The Balaban J connectivity index is 1.19. The van der Waals surface area contributed by atoms with Crippen molar-refractivity contribution in [2.75, 3.05) is 11.9 Å². The van der Waals surface area contributed by atoms with Crippen LogP contribution in [0.3, 0.4) is 0 Å². The van der Waals surface area contributed by atoms with Crippen molar-refractivity contribution < 1.29 is 9.23 Å². The van der Waals surface area contributed by atoms with Crippen LogP contribution in [0.5, 0.6) is 0 Å². The van der Waals surface area contributed by atoms with Gasteiger partial charge in [0.05, 0.1) is 30.3 Å². The summed E-state index contributed by atoms with van der Waals surface area (Å²) in [6, 6.07) is 20.9. The van der Waals surface area contributed by atoms with Crippen molar-refractivity contribution in [2.45, 2.75) is 22.9 Å². The van der Waals surface area contributed by atoms with Gasteiger partial charge in [-0.2, -0.15) is 0 Å². The number of para-hydroxylation sites is 1. The van der Waals surface area contributed by atoms with Crippen molar-refractivity contribution in [3.05, 3.63) is 95.6 Å². The molecule has 1 aliphatic rings. The van der Waals surface area contributed by atoms with E-state index in [1.54, 1.807) is 41.0 Å². The Hall–Kier alpha value is -3.65. The van der Waals surface area contributed by atoms with E-state index in [1.165, 1.54) is 33.3 Å². The highest BCUT2D eigenvalue weighted by Gasteiger charge is 2.20. The lowest BCUT2D eigenvalue weighted by molar-refractivity contribution is 0.129. The summed E-state index contributed by atoms with van der Waals surface area (Å²) >= 11 is 1.75.